The molecule has 1 N–H and O–H groups in total. The molecule has 0 saturated carbocycles. The number of anilines is 1. The molecule has 2 unspecified atom stereocenters. The minimum absolute atomic E-state index is 0.0122. The fraction of sp³-hybridized carbons (Fsp3) is 0.579. The van der Waals surface area contributed by atoms with Gasteiger partial charge in [0.15, 0.2) is 0 Å². The number of nitrogens with one attached hydrogen (secondary N) is 1. The third kappa shape index (κ3) is 5.14. The van der Waals surface area contributed by atoms with Gasteiger partial charge in [-0.1, -0.05) is 12.1 Å². The predicted molar refractivity (Wildman–Crippen MR) is 95.4 cm³/mol. The van der Waals surface area contributed by atoms with Crippen LogP contribution in [0, 0.1) is 13.8 Å². The SMILES string of the molecule is CC(=O)Cc1cc(C)c(NC(=O)CN2CC(C)OC(C)C2)c(C)c1. The fourth-order valence-corrected chi connectivity index (χ4v) is 3.44. The summed E-state index contributed by atoms with van der Waals surface area (Å²) in [5, 5.41) is 3.03. The van der Waals surface area contributed by atoms with Crippen LogP contribution in [0.3, 0.4) is 0 Å². The van der Waals surface area contributed by atoms with E-state index in [1.807, 2.05) is 39.8 Å². The lowest BCUT2D eigenvalue weighted by molar-refractivity contribution is -0.121. The van der Waals surface area contributed by atoms with Crippen molar-refractivity contribution in [1.82, 2.24) is 4.90 Å². The fourth-order valence-electron chi connectivity index (χ4n) is 3.44. The summed E-state index contributed by atoms with van der Waals surface area (Å²) in [5.41, 5.74) is 3.82. The van der Waals surface area contributed by atoms with E-state index in [-0.39, 0.29) is 23.9 Å². The van der Waals surface area contributed by atoms with Gasteiger partial charge in [0.05, 0.1) is 18.8 Å². The molecule has 1 saturated heterocycles. The molecule has 5 nitrogen and oxygen atoms in total. The third-order valence-corrected chi connectivity index (χ3v) is 4.17. The highest BCUT2D eigenvalue weighted by atomic mass is 16.5. The Morgan fingerprint density at radius 1 is 1.17 bits per heavy atom. The normalized spacial score (nSPS) is 21.5. The Hall–Kier alpha value is -1.72. The van der Waals surface area contributed by atoms with E-state index in [1.165, 1.54) is 0 Å². The molecule has 0 aliphatic carbocycles. The highest BCUT2D eigenvalue weighted by molar-refractivity contribution is 5.94. The number of morpholine rings is 1. The maximum absolute atomic E-state index is 12.4. The van der Waals surface area contributed by atoms with Crippen molar-refractivity contribution in [3.63, 3.8) is 0 Å². The predicted octanol–water partition coefficient (Wildman–Crippen LogP) is 2.48. The Morgan fingerprint density at radius 2 is 1.71 bits per heavy atom. The summed E-state index contributed by atoms with van der Waals surface area (Å²) >= 11 is 0. The maximum atomic E-state index is 12.4. The molecule has 2 atom stereocenters. The molecule has 5 heteroatoms. The van der Waals surface area contributed by atoms with Gasteiger partial charge in [0.2, 0.25) is 5.91 Å². The molecule has 0 radical (unpaired) electrons. The molecular formula is C19H28N2O3. The molecule has 2 rings (SSSR count). The van der Waals surface area contributed by atoms with Crippen LogP contribution in [0.2, 0.25) is 0 Å². The molecule has 0 spiro atoms. The van der Waals surface area contributed by atoms with E-state index in [9.17, 15) is 9.59 Å². The highest BCUT2D eigenvalue weighted by Gasteiger charge is 2.24. The number of hydrogen-bond acceptors (Lipinski definition) is 4. The summed E-state index contributed by atoms with van der Waals surface area (Å²) in [6.07, 6.45) is 0.728. The van der Waals surface area contributed by atoms with Gasteiger partial charge in [-0.15, -0.1) is 0 Å². The second-order valence-electron chi connectivity index (χ2n) is 6.98. The van der Waals surface area contributed by atoms with Gasteiger partial charge in [-0.2, -0.15) is 0 Å². The van der Waals surface area contributed by atoms with Crippen molar-refractivity contribution in [2.45, 2.75) is 53.2 Å². The first-order chi connectivity index (χ1) is 11.2. The molecule has 1 aliphatic heterocycles. The summed E-state index contributed by atoms with van der Waals surface area (Å²) < 4.78 is 5.70. The Kier molecular flexibility index (Phi) is 6.13. The largest absolute Gasteiger partial charge is 0.373 e. The van der Waals surface area contributed by atoms with Gasteiger partial charge in [0, 0.05) is 25.2 Å². The number of carbonyl (C=O) groups is 2. The average Bonchev–Trinajstić information content (AvgIpc) is 2.41. The standard InChI is InChI=1S/C19H28N2O3/c1-12-6-17(8-14(3)22)7-13(2)19(12)20-18(23)11-21-9-15(4)24-16(5)10-21/h6-7,15-16H,8-11H2,1-5H3,(H,20,23). The van der Waals surface area contributed by atoms with E-state index in [0.29, 0.717) is 13.0 Å². The van der Waals surface area contributed by atoms with Crippen LogP contribution in [-0.4, -0.2) is 48.4 Å². The van der Waals surface area contributed by atoms with Gasteiger partial charge in [0.1, 0.15) is 5.78 Å². The molecule has 1 fully saturated rings. The van der Waals surface area contributed by atoms with Crippen LogP contribution in [-0.2, 0) is 20.7 Å². The van der Waals surface area contributed by atoms with Crippen molar-refractivity contribution >= 4 is 17.4 Å². The van der Waals surface area contributed by atoms with E-state index >= 15 is 0 Å². The first-order valence-electron chi connectivity index (χ1n) is 8.51. The molecule has 1 heterocycles. The highest BCUT2D eigenvalue weighted by Crippen LogP contribution is 2.23. The first kappa shape index (κ1) is 18.6. The topological polar surface area (TPSA) is 58.6 Å². The lowest BCUT2D eigenvalue weighted by Crippen LogP contribution is -2.48. The van der Waals surface area contributed by atoms with Gasteiger partial charge in [-0.3, -0.25) is 14.5 Å². The first-order valence-corrected chi connectivity index (χ1v) is 8.51. The number of hydrogen-bond donors (Lipinski definition) is 1. The monoisotopic (exact) mass is 332 g/mol. The molecule has 24 heavy (non-hydrogen) atoms. The minimum Gasteiger partial charge on any atom is -0.373 e. The number of ether oxygens (including phenoxy) is 1. The zero-order chi connectivity index (χ0) is 17.9. The molecule has 1 aromatic rings. The van der Waals surface area contributed by atoms with E-state index < -0.39 is 0 Å². The number of aryl methyl sites for hydroxylation is 2. The van der Waals surface area contributed by atoms with Crippen molar-refractivity contribution in [2.24, 2.45) is 0 Å². The van der Waals surface area contributed by atoms with Crippen LogP contribution in [0.5, 0.6) is 0 Å². The molecule has 1 amide bonds. The van der Waals surface area contributed by atoms with Crippen molar-refractivity contribution in [3.05, 3.63) is 28.8 Å². The number of benzene rings is 1. The molecule has 0 bridgehead atoms. The Bertz CT molecular complexity index is 594. The summed E-state index contributed by atoms with van der Waals surface area (Å²) in [6, 6.07) is 3.95. The van der Waals surface area contributed by atoms with Crippen molar-refractivity contribution in [2.75, 3.05) is 25.0 Å². The maximum Gasteiger partial charge on any atom is 0.238 e. The van der Waals surface area contributed by atoms with Gasteiger partial charge >= 0.3 is 0 Å². The Balaban J connectivity index is 2.02. The van der Waals surface area contributed by atoms with Gasteiger partial charge in [0.25, 0.3) is 0 Å². The van der Waals surface area contributed by atoms with E-state index in [2.05, 4.69) is 10.2 Å². The van der Waals surface area contributed by atoms with Crippen LogP contribution in [0.4, 0.5) is 5.69 Å². The second kappa shape index (κ2) is 7.90. The van der Waals surface area contributed by atoms with Crippen molar-refractivity contribution in [1.29, 1.82) is 0 Å². The molecule has 1 aromatic carbocycles. The van der Waals surface area contributed by atoms with Gasteiger partial charge in [-0.25, -0.2) is 0 Å². The summed E-state index contributed by atoms with van der Waals surface area (Å²) in [4.78, 5) is 25.8. The summed E-state index contributed by atoms with van der Waals surface area (Å²) in [7, 11) is 0. The number of ketones is 1. The minimum atomic E-state index is -0.0122. The van der Waals surface area contributed by atoms with E-state index in [4.69, 9.17) is 4.74 Å². The number of rotatable bonds is 5. The lowest BCUT2D eigenvalue weighted by atomic mass is 10.0. The quantitative estimate of drug-likeness (QED) is 0.900. The number of amides is 1. The van der Waals surface area contributed by atoms with Crippen LogP contribution in [0.15, 0.2) is 12.1 Å². The van der Waals surface area contributed by atoms with Gasteiger partial charge in [-0.05, 0) is 51.3 Å². The molecule has 1 aliphatic rings. The number of carbonyl (C=O) groups excluding carboxylic acids is 2. The zero-order valence-electron chi connectivity index (χ0n) is 15.3. The molecular weight excluding hydrogens is 304 g/mol. The third-order valence-electron chi connectivity index (χ3n) is 4.17. The average molecular weight is 332 g/mol. The van der Waals surface area contributed by atoms with Crippen molar-refractivity contribution < 1.29 is 14.3 Å². The number of nitrogens with zero attached hydrogens (tertiary/aromatic N) is 1. The van der Waals surface area contributed by atoms with Crippen LogP contribution >= 0.6 is 0 Å². The van der Waals surface area contributed by atoms with Crippen LogP contribution < -0.4 is 5.32 Å². The van der Waals surface area contributed by atoms with Crippen LogP contribution in [0.25, 0.3) is 0 Å². The molecule has 0 aromatic heterocycles. The Morgan fingerprint density at radius 3 is 2.21 bits per heavy atom. The zero-order valence-corrected chi connectivity index (χ0v) is 15.3. The van der Waals surface area contributed by atoms with Crippen molar-refractivity contribution in [3.8, 4) is 0 Å². The Labute approximate surface area is 144 Å². The summed E-state index contributed by atoms with van der Waals surface area (Å²) in [5.74, 6) is 0.128. The van der Waals surface area contributed by atoms with E-state index in [0.717, 1.165) is 35.5 Å². The summed E-state index contributed by atoms with van der Waals surface area (Å²) in [6.45, 7) is 11.5. The van der Waals surface area contributed by atoms with Crippen LogP contribution in [0.1, 0.15) is 37.5 Å². The number of Topliss-reactive ketones (excluding diaryl/α,β-unsaturated/α-hetero) is 1. The second-order valence-corrected chi connectivity index (χ2v) is 6.98. The smallest absolute Gasteiger partial charge is 0.238 e. The molecule has 132 valence electrons. The lowest BCUT2D eigenvalue weighted by Gasteiger charge is -2.34. The van der Waals surface area contributed by atoms with Gasteiger partial charge < -0.3 is 10.1 Å². The van der Waals surface area contributed by atoms with E-state index in [1.54, 1.807) is 6.92 Å².